The van der Waals surface area contributed by atoms with Crippen LogP contribution in [-0.4, -0.2) is 24.7 Å². The van der Waals surface area contributed by atoms with Gasteiger partial charge < -0.3 is 0 Å². The summed E-state index contributed by atoms with van der Waals surface area (Å²) >= 11 is -5.84. The van der Waals surface area contributed by atoms with Crippen molar-refractivity contribution in [2.24, 2.45) is 0 Å². The van der Waals surface area contributed by atoms with Crippen molar-refractivity contribution in [3.8, 4) is 0 Å². The van der Waals surface area contributed by atoms with E-state index in [9.17, 15) is 0 Å². The van der Waals surface area contributed by atoms with Gasteiger partial charge in [0.2, 0.25) is 0 Å². The predicted octanol–water partition coefficient (Wildman–Crippen LogP) is 7.66. The van der Waals surface area contributed by atoms with Gasteiger partial charge in [-0.15, -0.1) is 0 Å². The normalized spacial score (nSPS) is 21.9. The van der Waals surface area contributed by atoms with E-state index in [0.717, 1.165) is 6.42 Å². The standard InChI is InChI=1S/C10H9.C6H15OSi.C4H10N.CH3.CH2.2ClH.Zr/c1-8-6-9-4-2-3-5-10(9)7-8;1-5-6-7-8(2,3)4;1-4(2,3)5;;;;;/h2-7H,1H3;1,5-6H2,2-4H3;5H,1-3H3;1H3;1H2;2*1H;/q;;-1;;;;;+3/p-2. The van der Waals surface area contributed by atoms with Gasteiger partial charge in [-0.05, 0) is 0 Å². The maximum atomic E-state index is 7.92. The van der Waals surface area contributed by atoms with Gasteiger partial charge in [-0.2, -0.15) is 0 Å². The van der Waals surface area contributed by atoms with Crippen LogP contribution in [0.4, 0.5) is 0 Å². The molecule has 28 heavy (non-hydrogen) atoms. The molecule has 1 aromatic rings. The zero-order valence-electron chi connectivity index (χ0n) is 19.0. The van der Waals surface area contributed by atoms with Crippen molar-refractivity contribution in [3.05, 3.63) is 41.0 Å². The summed E-state index contributed by atoms with van der Waals surface area (Å²) in [6, 6.07) is 8.42. The second kappa shape index (κ2) is 6.24. The van der Waals surface area contributed by atoms with Gasteiger partial charge in [0, 0.05) is 0 Å². The quantitative estimate of drug-likeness (QED) is 0.293. The molecule has 1 aromatic carbocycles. The van der Waals surface area contributed by atoms with Gasteiger partial charge in [0.15, 0.2) is 0 Å². The van der Waals surface area contributed by atoms with Gasteiger partial charge in [0.25, 0.3) is 0 Å². The number of rotatable bonds is 7. The van der Waals surface area contributed by atoms with Gasteiger partial charge in [0.1, 0.15) is 0 Å². The second-order valence-corrected chi connectivity index (χ2v) is 57.6. The number of allylic oxidation sites excluding steroid dienone is 1. The summed E-state index contributed by atoms with van der Waals surface area (Å²) < 4.78 is 17.3. The third-order valence-electron chi connectivity index (χ3n) is 5.79. The minimum absolute atomic E-state index is 0.123. The fourth-order valence-corrected chi connectivity index (χ4v) is 34.2. The van der Waals surface area contributed by atoms with E-state index in [2.05, 4.69) is 85.6 Å². The molecular formula is C22H39Cl2NOSiZr. The van der Waals surface area contributed by atoms with Gasteiger partial charge in [-0.1, -0.05) is 0 Å². The Morgan fingerprint density at radius 1 is 1.18 bits per heavy atom. The molecule has 1 aliphatic carbocycles. The summed E-state index contributed by atoms with van der Waals surface area (Å²) in [6.07, 6.45) is 3.00. The van der Waals surface area contributed by atoms with E-state index in [1.165, 1.54) is 16.7 Å². The Morgan fingerprint density at radius 2 is 1.75 bits per heavy atom. The molecule has 0 saturated heterocycles. The number of fused-ring (bicyclic) bond motifs is 1. The SMILES string of the molecule is [CH2]=[Zr]([CH3])([Cl])([Cl])([CH2]CCO[Si](C)(C)C)([NH]C(C)(C)C)[CH]1C(C)=Cc2ccccc21. The van der Waals surface area contributed by atoms with Crippen LogP contribution in [0.2, 0.25) is 28.4 Å². The number of hydrogen-bond acceptors (Lipinski definition) is 2. The van der Waals surface area contributed by atoms with Crippen LogP contribution in [-0.2, 0) is 17.7 Å². The molecule has 1 N–H and O–H groups in total. The summed E-state index contributed by atoms with van der Waals surface area (Å²) in [5.74, 6) is 0. The van der Waals surface area contributed by atoms with Crippen LogP contribution in [0.5, 0.6) is 0 Å². The van der Waals surface area contributed by atoms with Crippen molar-refractivity contribution in [1.29, 1.82) is 0 Å². The fourth-order valence-electron chi connectivity index (χ4n) is 5.65. The van der Waals surface area contributed by atoms with Gasteiger partial charge in [-0.3, -0.25) is 0 Å². The Bertz CT molecular complexity index is 929. The molecule has 160 valence electrons. The van der Waals surface area contributed by atoms with E-state index in [0.29, 0.717) is 10.7 Å². The molecule has 6 heteroatoms. The molecule has 1 aliphatic rings. The molecule has 2 nitrogen and oxygen atoms in total. The van der Waals surface area contributed by atoms with Crippen LogP contribution in [0.15, 0.2) is 29.8 Å². The van der Waals surface area contributed by atoms with Crippen LogP contribution < -0.4 is 3.26 Å². The molecule has 0 heterocycles. The molecule has 0 radical (unpaired) electrons. The van der Waals surface area contributed by atoms with Gasteiger partial charge >= 0.3 is 176 Å². The third-order valence-corrected chi connectivity index (χ3v) is 29.3. The molecule has 0 spiro atoms. The second-order valence-electron chi connectivity index (χ2n) is 12.2. The first-order valence-corrected chi connectivity index (χ1v) is 28.7. The molecule has 0 aliphatic heterocycles. The van der Waals surface area contributed by atoms with Crippen molar-refractivity contribution >= 4 is 35.6 Å². The summed E-state index contributed by atoms with van der Waals surface area (Å²) in [5, 5.41) is 0. The van der Waals surface area contributed by atoms with E-state index in [1.807, 2.05) is 0 Å². The fraction of sp³-hybridized carbons (Fsp3) is 0.591. The molecule has 1 atom stereocenters. The van der Waals surface area contributed by atoms with Crippen molar-refractivity contribution in [2.45, 2.75) is 71.7 Å². The molecule has 0 saturated carbocycles. The molecule has 0 amide bonds. The Hall–Kier alpha value is 0.430. The van der Waals surface area contributed by atoms with E-state index in [1.54, 1.807) is 0 Å². The Morgan fingerprint density at radius 3 is 2.29 bits per heavy atom. The van der Waals surface area contributed by atoms with E-state index >= 15 is 0 Å². The van der Waals surface area contributed by atoms with Crippen molar-refractivity contribution in [2.75, 3.05) is 6.61 Å². The zero-order chi connectivity index (χ0) is 21.8. The Labute approximate surface area is 174 Å². The average Bonchev–Trinajstić information content (AvgIpc) is 2.77. The van der Waals surface area contributed by atoms with E-state index in [4.69, 9.17) is 25.7 Å². The average molecular weight is 524 g/mol. The van der Waals surface area contributed by atoms with Crippen molar-refractivity contribution < 1.29 is 17.7 Å². The molecular weight excluding hydrogens is 484 g/mol. The molecule has 0 fully saturated rings. The van der Waals surface area contributed by atoms with Crippen LogP contribution in [0.1, 0.15) is 48.9 Å². The Balaban J connectivity index is 2.62. The summed E-state index contributed by atoms with van der Waals surface area (Å²) in [7, 11) is 14.2. The number of halogens is 2. The summed E-state index contributed by atoms with van der Waals surface area (Å²) in [5.41, 5.74) is 3.29. The van der Waals surface area contributed by atoms with Crippen molar-refractivity contribution in [3.63, 3.8) is 0 Å². The van der Waals surface area contributed by atoms with Gasteiger partial charge in [-0.25, -0.2) is 0 Å². The van der Waals surface area contributed by atoms with Crippen LogP contribution in [0.3, 0.4) is 0 Å². The third kappa shape index (κ3) is 5.37. The monoisotopic (exact) mass is 521 g/mol. The number of benzene rings is 1. The zero-order valence-corrected chi connectivity index (χ0v) is 23.9. The topological polar surface area (TPSA) is 21.3 Å². The first kappa shape index (κ1) is 24.7. The molecule has 1 unspecified atom stereocenters. The summed E-state index contributed by atoms with van der Waals surface area (Å²) in [4.78, 5) is 0. The van der Waals surface area contributed by atoms with Crippen LogP contribution in [0, 0.1) is 0 Å². The minimum atomic E-state index is -5.84. The van der Waals surface area contributed by atoms with E-state index < -0.39 is 21.6 Å². The van der Waals surface area contributed by atoms with Crippen LogP contribution >= 0.6 is 17.0 Å². The maximum absolute atomic E-state index is 7.92. The van der Waals surface area contributed by atoms with Crippen LogP contribution in [0.25, 0.3) is 6.08 Å². The number of hydrogen-bond donors (Lipinski definition) is 1. The van der Waals surface area contributed by atoms with Gasteiger partial charge in [0.05, 0.1) is 0 Å². The molecule has 0 bridgehead atoms. The molecule has 0 aromatic heterocycles. The molecule has 2 rings (SSSR count). The number of nitrogens with one attached hydrogen (secondary N) is 1. The van der Waals surface area contributed by atoms with E-state index in [-0.39, 0.29) is 9.16 Å². The Kier molecular flexibility index (Phi) is 5.50. The summed E-state index contributed by atoms with van der Waals surface area (Å²) in [6.45, 7) is 15.8. The van der Waals surface area contributed by atoms with Crippen molar-refractivity contribution in [1.82, 2.24) is 3.26 Å². The first-order valence-electron chi connectivity index (χ1n) is 10.3. The predicted molar refractivity (Wildman–Crippen MR) is 129 cm³/mol. The first-order chi connectivity index (χ1) is 12.2.